The maximum atomic E-state index is 13.9. The Labute approximate surface area is 176 Å². The number of nitrogens with one attached hydrogen (secondary N) is 1. The molecule has 1 N–H and O–H groups in total. The lowest BCUT2D eigenvalue weighted by molar-refractivity contribution is -0.384. The lowest BCUT2D eigenvalue weighted by Crippen LogP contribution is -2.18. The molecular formula is C22H17F2N3O4. The third kappa shape index (κ3) is 4.55. The first-order valence-electron chi connectivity index (χ1n) is 9.05. The van der Waals surface area contributed by atoms with E-state index in [1.807, 2.05) is 0 Å². The van der Waals surface area contributed by atoms with Crippen molar-refractivity contribution in [3.63, 3.8) is 0 Å². The molecular weight excluding hydrogens is 408 g/mol. The average Bonchev–Trinajstić information content (AvgIpc) is 2.74. The van der Waals surface area contributed by atoms with E-state index in [0.29, 0.717) is 11.8 Å². The summed E-state index contributed by atoms with van der Waals surface area (Å²) in [6, 6.07) is 12.5. The molecule has 31 heavy (non-hydrogen) atoms. The molecule has 0 aromatic heterocycles. The van der Waals surface area contributed by atoms with Gasteiger partial charge >= 0.3 is 0 Å². The molecule has 0 unspecified atom stereocenters. The van der Waals surface area contributed by atoms with Crippen LogP contribution in [0.3, 0.4) is 0 Å². The smallest absolute Gasteiger partial charge is 0.293 e. The van der Waals surface area contributed by atoms with Crippen LogP contribution in [0, 0.1) is 21.7 Å². The predicted molar refractivity (Wildman–Crippen MR) is 112 cm³/mol. The summed E-state index contributed by atoms with van der Waals surface area (Å²) in [6.45, 7) is 0. The van der Waals surface area contributed by atoms with E-state index < -0.39 is 28.2 Å². The van der Waals surface area contributed by atoms with Crippen molar-refractivity contribution in [3.05, 3.63) is 99.1 Å². The minimum atomic E-state index is -0.966. The molecule has 0 bridgehead atoms. The first-order valence-corrected chi connectivity index (χ1v) is 9.05. The van der Waals surface area contributed by atoms with E-state index in [0.717, 1.165) is 18.2 Å². The normalized spacial score (nSPS) is 10.5. The lowest BCUT2D eigenvalue weighted by atomic mass is 9.97. The van der Waals surface area contributed by atoms with Gasteiger partial charge in [-0.15, -0.1) is 0 Å². The van der Waals surface area contributed by atoms with Gasteiger partial charge in [0.2, 0.25) is 0 Å². The second-order valence-corrected chi connectivity index (χ2v) is 6.81. The summed E-state index contributed by atoms with van der Waals surface area (Å²) in [5.74, 6) is -3.16. The minimum Gasteiger partial charge on any atom is -0.372 e. The van der Waals surface area contributed by atoms with Crippen molar-refractivity contribution in [1.29, 1.82) is 0 Å². The van der Waals surface area contributed by atoms with Gasteiger partial charge in [0.1, 0.15) is 17.3 Å². The summed E-state index contributed by atoms with van der Waals surface area (Å²) in [5.41, 5.74) is -0.249. The first-order chi connectivity index (χ1) is 14.7. The number of nitro groups is 1. The number of amides is 1. The average molecular weight is 425 g/mol. The van der Waals surface area contributed by atoms with Crippen LogP contribution in [0.25, 0.3) is 0 Å². The van der Waals surface area contributed by atoms with Gasteiger partial charge in [-0.05, 0) is 30.3 Å². The van der Waals surface area contributed by atoms with Gasteiger partial charge < -0.3 is 10.2 Å². The highest BCUT2D eigenvalue weighted by Gasteiger charge is 2.23. The van der Waals surface area contributed by atoms with E-state index in [4.69, 9.17) is 0 Å². The number of carbonyl (C=O) groups is 2. The zero-order valence-corrected chi connectivity index (χ0v) is 16.6. The van der Waals surface area contributed by atoms with Crippen molar-refractivity contribution in [2.24, 2.45) is 0 Å². The van der Waals surface area contributed by atoms with E-state index in [-0.39, 0.29) is 28.1 Å². The van der Waals surface area contributed by atoms with Crippen LogP contribution in [0.1, 0.15) is 26.3 Å². The van der Waals surface area contributed by atoms with Gasteiger partial charge in [-0.1, -0.05) is 18.2 Å². The third-order valence-electron chi connectivity index (χ3n) is 4.51. The number of benzene rings is 3. The zero-order chi connectivity index (χ0) is 22.7. The van der Waals surface area contributed by atoms with Gasteiger partial charge in [-0.3, -0.25) is 19.7 Å². The molecule has 0 radical (unpaired) electrons. The standard InChI is InChI=1S/C22H17F2N3O4/c1-26(2)19-10-7-13(11-20(19)27(30)31)21(28)15-5-3-4-6-16(15)22(29)25-18-9-8-14(23)12-17(18)24/h3-12H,1-2H3,(H,25,29). The van der Waals surface area contributed by atoms with E-state index in [1.54, 1.807) is 19.0 Å². The molecule has 3 aromatic rings. The largest absolute Gasteiger partial charge is 0.372 e. The fourth-order valence-electron chi connectivity index (χ4n) is 3.00. The molecule has 3 aromatic carbocycles. The Kier molecular flexibility index (Phi) is 6.05. The minimum absolute atomic E-state index is 0.0190. The topological polar surface area (TPSA) is 92.6 Å². The number of nitrogens with zero attached hydrogens (tertiary/aromatic N) is 2. The van der Waals surface area contributed by atoms with Crippen LogP contribution in [0.2, 0.25) is 0 Å². The van der Waals surface area contributed by atoms with Gasteiger partial charge in [0, 0.05) is 37.4 Å². The molecule has 0 spiro atoms. The van der Waals surface area contributed by atoms with Gasteiger partial charge in [-0.25, -0.2) is 8.78 Å². The van der Waals surface area contributed by atoms with Crippen LogP contribution >= 0.6 is 0 Å². The zero-order valence-electron chi connectivity index (χ0n) is 16.6. The monoisotopic (exact) mass is 425 g/mol. The second kappa shape index (κ2) is 8.70. The van der Waals surface area contributed by atoms with Gasteiger partial charge in [0.05, 0.1) is 16.2 Å². The summed E-state index contributed by atoms with van der Waals surface area (Å²) in [4.78, 5) is 38.1. The van der Waals surface area contributed by atoms with Crippen LogP contribution in [-0.2, 0) is 0 Å². The molecule has 0 aliphatic carbocycles. The number of nitro benzene ring substituents is 1. The third-order valence-corrected chi connectivity index (χ3v) is 4.51. The Morgan fingerprint density at radius 3 is 2.26 bits per heavy atom. The van der Waals surface area contributed by atoms with Gasteiger partial charge in [0.15, 0.2) is 5.78 Å². The Morgan fingerprint density at radius 1 is 0.968 bits per heavy atom. The van der Waals surface area contributed by atoms with E-state index in [2.05, 4.69) is 5.32 Å². The second-order valence-electron chi connectivity index (χ2n) is 6.81. The first kappa shape index (κ1) is 21.6. The quantitative estimate of drug-likeness (QED) is 0.359. The number of hydrogen-bond donors (Lipinski definition) is 1. The van der Waals surface area contributed by atoms with Gasteiger partial charge in [-0.2, -0.15) is 0 Å². The number of hydrogen-bond acceptors (Lipinski definition) is 5. The maximum absolute atomic E-state index is 13.9. The summed E-state index contributed by atoms with van der Waals surface area (Å²) in [6.07, 6.45) is 0. The van der Waals surface area contributed by atoms with Crippen LogP contribution < -0.4 is 10.2 Å². The van der Waals surface area contributed by atoms with E-state index >= 15 is 0 Å². The van der Waals surface area contributed by atoms with Gasteiger partial charge in [0.25, 0.3) is 11.6 Å². The predicted octanol–water partition coefficient (Wildman–Crippen LogP) is 4.42. The number of anilines is 2. The Hall–Kier alpha value is -4.14. The van der Waals surface area contributed by atoms with Crippen LogP contribution in [0.5, 0.6) is 0 Å². The van der Waals surface area contributed by atoms with Crippen LogP contribution in [0.4, 0.5) is 25.8 Å². The molecule has 0 aliphatic rings. The molecule has 0 saturated heterocycles. The van der Waals surface area contributed by atoms with E-state index in [9.17, 15) is 28.5 Å². The molecule has 9 heteroatoms. The van der Waals surface area contributed by atoms with Crippen molar-refractivity contribution >= 4 is 28.8 Å². The lowest BCUT2D eigenvalue weighted by Gasteiger charge is -2.14. The molecule has 0 heterocycles. The van der Waals surface area contributed by atoms with Crippen LogP contribution in [0.15, 0.2) is 60.7 Å². The summed E-state index contributed by atoms with van der Waals surface area (Å²) >= 11 is 0. The maximum Gasteiger partial charge on any atom is 0.293 e. The summed E-state index contributed by atoms with van der Waals surface area (Å²) in [7, 11) is 3.27. The number of rotatable bonds is 6. The van der Waals surface area contributed by atoms with Crippen molar-refractivity contribution in [2.45, 2.75) is 0 Å². The Bertz CT molecular complexity index is 1200. The molecule has 0 fully saturated rings. The van der Waals surface area contributed by atoms with Crippen molar-refractivity contribution in [1.82, 2.24) is 0 Å². The highest BCUT2D eigenvalue weighted by Crippen LogP contribution is 2.29. The fourth-order valence-corrected chi connectivity index (χ4v) is 3.00. The van der Waals surface area contributed by atoms with Crippen molar-refractivity contribution in [2.75, 3.05) is 24.3 Å². The molecule has 7 nitrogen and oxygen atoms in total. The molecule has 3 rings (SSSR count). The molecule has 158 valence electrons. The molecule has 0 atom stereocenters. The highest BCUT2D eigenvalue weighted by molar-refractivity contribution is 6.18. The highest BCUT2D eigenvalue weighted by atomic mass is 19.1. The molecule has 0 aliphatic heterocycles. The Balaban J connectivity index is 1.98. The Morgan fingerprint density at radius 2 is 1.65 bits per heavy atom. The number of ketones is 1. The number of carbonyl (C=O) groups excluding carboxylic acids is 2. The number of halogens is 2. The van der Waals surface area contributed by atoms with E-state index in [1.165, 1.54) is 36.4 Å². The SMILES string of the molecule is CN(C)c1ccc(C(=O)c2ccccc2C(=O)Nc2ccc(F)cc2F)cc1[N+](=O)[O-]. The van der Waals surface area contributed by atoms with Crippen molar-refractivity contribution in [3.8, 4) is 0 Å². The molecule has 1 amide bonds. The summed E-state index contributed by atoms with van der Waals surface area (Å²) in [5, 5.41) is 13.7. The van der Waals surface area contributed by atoms with Crippen molar-refractivity contribution < 1.29 is 23.3 Å². The molecule has 0 saturated carbocycles. The van der Waals surface area contributed by atoms with Crippen LogP contribution in [-0.4, -0.2) is 30.7 Å². The summed E-state index contributed by atoms with van der Waals surface area (Å²) < 4.78 is 27.0. The fraction of sp³-hybridized carbons (Fsp3) is 0.0909.